The Kier molecular flexibility index (Phi) is 2.19. The summed E-state index contributed by atoms with van der Waals surface area (Å²) in [6.45, 7) is -0.508. The van der Waals surface area contributed by atoms with Crippen LogP contribution in [0.5, 0.6) is 0 Å². The van der Waals surface area contributed by atoms with E-state index in [1.54, 1.807) is 6.20 Å². The summed E-state index contributed by atoms with van der Waals surface area (Å²) in [5.74, 6) is -1.80. The van der Waals surface area contributed by atoms with E-state index in [1.165, 1.54) is 0 Å². The largest absolute Gasteiger partial charge is 0.361 e. The Morgan fingerprint density at radius 1 is 1.14 bits per heavy atom. The minimum atomic E-state index is -0.905. The van der Waals surface area contributed by atoms with Gasteiger partial charge >= 0.3 is 0 Å². The first kappa shape index (κ1) is 9.12. The van der Waals surface area contributed by atoms with Gasteiger partial charge in [0.25, 0.3) is 0 Å². The van der Waals surface area contributed by atoms with Crippen LogP contribution in [0.4, 0.5) is 13.2 Å². The maximum atomic E-state index is 12.9. The third-order valence-corrected chi connectivity index (χ3v) is 2.17. The molecule has 1 N–H and O–H groups in total. The second-order valence-electron chi connectivity index (χ2n) is 3.06. The summed E-state index contributed by atoms with van der Waals surface area (Å²) in [6, 6.07) is 2.17. The number of hydrogen-bond donors (Lipinski definition) is 1. The topological polar surface area (TPSA) is 15.8 Å². The van der Waals surface area contributed by atoms with Crippen molar-refractivity contribution in [3.63, 3.8) is 0 Å². The molecule has 0 saturated carbocycles. The highest BCUT2D eigenvalue weighted by molar-refractivity contribution is 5.83. The molecule has 1 heterocycles. The average molecular weight is 199 g/mol. The number of hydrogen-bond acceptors (Lipinski definition) is 0. The van der Waals surface area contributed by atoms with E-state index in [2.05, 4.69) is 4.98 Å². The first-order valence-corrected chi connectivity index (χ1v) is 4.23. The molecule has 14 heavy (non-hydrogen) atoms. The smallest absolute Gasteiger partial charge is 0.160 e. The van der Waals surface area contributed by atoms with Crippen molar-refractivity contribution in [1.82, 2.24) is 4.98 Å². The summed E-state index contributed by atoms with van der Waals surface area (Å²) in [7, 11) is 0. The Morgan fingerprint density at radius 2 is 1.86 bits per heavy atom. The van der Waals surface area contributed by atoms with Gasteiger partial charge in [-0.25, -0.2) is 8.78 Å². The molecule has 74 valence electrons. The van der Waals surface area contributed by atoms with Crippen molar-refractivity contribution in [2.75, 3.05) is 6.67 Å². The van der Waals surface area contributed by atoms with Gasteiger partial charge in [-0.05, 0) is 11.6 Å². The van der Waals surface area contributed by atoms with Gasteiger partial charge in [0, 0.05) is 29.6 Å². The van der Waals surface area contributed by atoms with Crippen LogP contribution in [0.25, 0.3) is 10.9 Å². The van der Waals surface area contributed by atoms with Crippen molar-refractivity contribution in [2.45, 2.75) is 6.42 Å². The molecule has 0 atom stereocenters. The molecule has 2 aromatic rings. The summed E-state index contributed by atoms with van der Waals surface area (Å²) < 4.78 is 37.7. The van der Waals surface area contributed by atoms with Crippen molar-refractivity contribution in [3.05, 3.63) is 35.5 Å². The number of alkyl halides is 1. The predicted molar refractivity (Wildman–Crippen MR) is 47.9 cm³/mol. The number of aromatic nitrogens is 1. The molecule has 1 aromatic heterocycles. The monoisotopic (exact) mass is 199 g/mol. The Hall–Kier alpha value is -1.45. The molecule has 0 amide bonds. The Bertz CT molecular complexity index is 462. The lowest BCUT2D eigenvalue weighted by molar-refractivity contribution is 0.496. The number of halogens is 3. The number of fused-ring (bicyclic) bond motifs is 1. The zero-order valence-electron chi connectivity index (χ0n) is 7.28. The Balaban J connectivity index is 2.61. The fourth-order valence-corrected chi connectivity index (χ4v) is 1.48. The van der Waals surface area contributed by atoms with E-state index >= 15 is 0 Å². The first-order chi connectivity index (χ1) is 6.72. The number of H-pyrrole nitrogens is 1. The molecule has 1 aromatic carbocycles. The van der Waals surface area contributed by atoms with Crippen LogP contribution < -0.4 is 0 Å². The van der Waals surface area contributed by atoms with Gasteiger partial charge in [0.15, 0.2) is 11.6 Å². The van der Waals surface area contributed by atoms with Gasteiger partial charge in [0.2, 0.25) is 0 Å². The molecular formula is C10H8F3N. The number of rotatable bonds is 2. The molecule has 0 spiro atoms. The molecule has 0 unspecified atom stereocenters. The van der Waals surface area contributed by atoms with Crippen molar-refractivity contribution < 1.29 is 13.2 Å². The van der Waals surface area contributed by atoms with Crippen molar-refractivity contribution >= 4 is 10.9 Å². The van der Waals surface area contributed by atoms with E-state index in [9.17, 15) is 13.2 Å². The van der Waals surface area contributed by atoms with Crippen molar-refractivity contribution in [3.8, 4) is 0 Å². The molecule has 0 aliphatic carbocycles. The Morgan fingerprint density at radius 3 is 2.57 bits per heavy atom. The normalized spacial score (nSPS) is 11.1. The average Bonchev–Trinajstić information content (AvgIpc) is 2.51. The summed E-state index contributed by atoms with van der Waals surface area (Å²) in [6.07, 6.45) is 1.79. The van der Waals surface area contributed by atoms with Gasteiger partial charge < -0.3 is 4.98 Å². The fourth-order valence-electron chi connectivity index (χ4n) is 1.48. The Labute approximate surface area is 78.5 Å². The molecule has 0 radical (unpaired) electrons. The van der Waals surface area contributed by atoms with Crippen LogP contribution in [0, 0.1) is 11.6 Å². The van der Waals surface area contributed by atoms with Gasteiger partial charge in [0.05, 0.1) is 6.67 Å². The van der Waals surface area contributed by atoms with Crippen molar-refractivity contribution in [1.29, 1.82) is 0 Å². The summed E-state index contributed by atoms with van der Waals surface area (Å²) in [5, 5.41) is 0.543. The lowest BCUT2D eigenvalue weighted by Gasteiger charge is -1.96. The highest BCUT2D eigenvalue weighted by atomic mass is 19.2. The van der Waals surface area contributed by atoms with Crippen LogP contribution in [-0.4, -0.2) is 11.7 Å². The summed E-state index contributed by atoms with van der Waals surface area (Å²) in [5.41, 5.74) is 1.16. The maximum absolute atomic E-state index is 12.9. The zero-order valence-corrected chi connectivity index (χ0v) is 7.28. The van der Waals surface area contributed by atoms with Crippen LogP contribution >= 0.6 is 0 Å². The second-order valence-corrected chi connectivity index (χ2v) is 3.06. The highest BCUT2D eigenvalue weighted by Crippen LogP contribution is 2.21. The molecule has 1 nitrogen and oxygen atoms in total. The molecule has 0 bridgehead atoms. The van der Waals surface area contributed by atoms with E-state index < -0.39 is 18.3 Å². The van der Waals surface area contributed by atoms with Gasteiger partial charge in [-0.1, -0.05) is 0 Å². The maximum Gasteiger partial charge on any atom is 0.160 e. The molecule has 0 fully saturated rings. The van der Waals surface area contributed by atoms with Crippen LogP contribution in [0.2, 0.25) is 0 Å². The van der Waals surface area contributed by atoms with Crippen LogP contribution in [0.15, 0.2) is 18.3 Å². The summed E-state index contributed by atoms with van der Waals surface area (Å²) in [4.78, 5) is 2.77. The van der Waals surface area contributed by atoms with Crippen LogP contribution in [0.1, 0.15) is 5.56 Å². The van der Waals surface area contributed by atoms with E-state index in [0.717, 1.165) is 12.1 Å². The first-order valence-electron chi connectivity index (χ1n) is 4.23. The minimum Gasteiger partial charge on any atom is -0.361 e. The zero-order chi connectivity index (χ0) is 10.1. The van der Waals surface area contributed by atoms with E-state index in [1.807, 2.05) is 0 Å². The minimum absolute atomic E-state index is 0.213. The molecular weight excluding hydrogens is 191 g/mol. The highest BCUT2D eigenvalue weighted by Gasteiger charge is 2.08. The molecule has 0 aliphatic heterocycles. The van der Waals surface area contributed by atoms with Gasteiger partial charge in [-0.2, -0.15) is 0 Å². The lowest BCUT2D eigenvalue weighted by Crippen LogP contribution is -1.86. The van der Waals surface area contributed by atoms with E-state index in [0.29, 0.717) is 16.5 Å². The third kappa shape index (κ3) is 1.36. The van der Waals surface area contributed by atoms with Gasteiger partial charge in [0.1, 0.15) is 0 Å². The second kappa shape index (κ2) is 3.36. The van der Waals surface area contributed by atoms with Crippen LogP contribution in [0.3, 0.4) is 0 Å². The SMILES string of the molecule is FCCc1c[nH]c2cc(F)c(F)cc12. The number of aromatic amines is 1. The molecule has 0 aliphatic rings. The van der Waals surface area contributed by atoms with Gasteiger partial charge in [-0.15, -0.1) is 0 Å². The van der Waals surface area contributed by atoms with Crippen molar-refractivity contribution in [2.24, 2.45) is 0 Å². The molecule has 2 rings (SSSR count). The molecule has 0 saturated heterocycles. The lowest BCUT2D eigenvalue weighted by atomic mass is 10.1. The standard InChI is InChI=1S/C10H8F3N/c11-2-1-6-5-14-10-4-9(13)8(12)3-7(6)10/h3-5,14H,1-2H2. The fraction of sp³-hybridized carbons (Fsp3) is 0.200. The van der Waals surface area contributed by atoms with Gasteiger partial charge in [-0.3, -0.25) is 4.39 Å². The third-order valence-electron chi connectivity index (χ3n) is 2.17. The summed E-state index contributed by atoms with van der Waals surface area (Å²) >= 11 is 0. The quantitative estimate of drug-likeness (QED) is 0.765. The van der Waals surface area contributed by atoms with E-state index in [-0.39, 0.29) is 6.42 Å². The van der Waals surface area contributed by atoms with Crippen LogP contribution in [-0.2, 0) is 6.42 Å². The van der Waals surface area contributed by atoms with E-state index in [4.69, 9.17) is 0 Å². The number of aryl methyl sites for hydroxylation is 1. The predicted octanol–water partition coefficient (Wildman–Crippen LogP) is 2.96. The number of benzene rings is 1. The number of nitrogens with one attached hydrogen (secondary N) is 1. The molecule has 4 heteroatoms.